The van der Waals surface area contributed by atoms with Gasteiger partial charge in [0.15, 0.2) is 0 Å². The topological polar surface area (TPSA) is 35.5 Å². The van der Waals surface area contributed by atoms with Crippen molar-refractivity contribution in [2.75, 3.05) is 6.61 Å². The fraction of sp³-hybridized carbons (Fsp3) is 0.0870. The van der Waals surface area contributed by atoms with Gasteiger partial charge in [0, 0.05) is 5.56 Å². The predicted octanol–water partition coefficient (Wildman–Crippen LogP) is 5.35. The Hall–Kier alpha value is -3.33. The Morgan fingerprint density at radius 3 is 2.46 bits per heavy atom. The highest BCUT2D eigenvalue weighted by Gasteiger charge is 2.17. The molecule has 3 heteroatoms. The van der Waals surface area contributed by atoms with Crippen molar-refractivity contribution in [3.8, 4) is 11.5 Å². The van der Waals surface area contributed by atoms with E-state index in [4.69, 9.17) is 9.47 Å². The summed E-state index contributed by atoms with van der Waals surface area (Å²) in [5.74, 6) is 0.556. The number of hydrogen-bond acceptors (Lipinski definition) is 3. The Balaban J connectivity index is 1.96. The number of para-hydroxylation sites is 1. The number of esters is 1. The highest BCUT2D eigenvalue weighted by molar-refractivity contribution is 5.95. The number of rotatable bonds is 7. The van der Waals surface area contributed by atoms with E-state index >= 15 is 0 Å². The molecule has 0 bridgehead atoms. The second-order valence-electron chi connectivity index (χ2n) is 5.74. The molecule has 3 aromatic rings. The van der Waals surface area contributed by atoms with Crippen LogP contribution in [0.2, 0.25) is 0 Å². The van der Waals surface area contributed by atoms with Crippen LogP contribution in [-0.2, 0) is 6.42 Å². The molecule has 0 aliphatic carbocycles. The molecule has 0 saturated heterocycles. The number of hydrogen-bond donors (Lipinski definition) is 0. The van der Waals surface area contributed by atoms with Gasteiger partial charge in [0.2, 0.25) is 0 Å². The highest BCUT2D eigenvalue weighted by Crippen LogP contribution is 2.30. The number of allylic oxidation sites excluding steroid dienone is 1. The van der Waals surface area contributed by atoms with Gasteiger partial charge in [-0.25, -0.2) is 4.79 Å². The lowest BCUT2D eigenvalue weighted by molar-refractivity contribution is 0.0729. The summed E-state index contributed by atoms with van der Waals surface area (Å²) in [6.07, 6.45) is 4.05. The monoisotopic (exact) mass is 344 g/mol. The zero-order valence-electron chi connectivity index (χ0n) is 14.5. The number of carbonyl (C=O) groups excluding carboxylic acids is 1. The molecule has 0 saturated carbocycles. The second-order valence-corrected chi connectivity index (χ2v) is 5.74. The lowest BCUT2D eigenvalue weighted by Crippen LogP contribution is -2.12. The van der Waals surface area contributed by atoms with Gasteiger partial charge in [-0.05, 0) is 35.4 Å². The standard InChI is InChI=1S/C23H20O3/c1-3-9-19-18-11-6-5-10-17(18)14-15-22(19)26-23(24)20-12-7-8-13-21(20)25-16-4-2/h3-8,10-15H,1-2,9,16H2. The van der Waals surface area contributed by atoms with E-state index in [1.807, 2.05) is 42.5 Å². The number of ether oxygens (including phenoxy) is 2. The molecule has 0 unspecified atom stereocenters. The molecule has 26 heavy (non-hydrogen) atoms. The molecule has 0 aliphatic rings. The molecule has 3 rings (SSSR count). The summed E-state index contributed by atoms with van der Waals surface area (Å²) in [5, 5.41) is 2.15. The number of benzene rings is 3. The van der Waals surface area contributed by atoms with E-state index in [1.165, 1.54) is 0 Å². The van der Waals surface area contributed by atoms with Gasteiger partial charge in [0.1, 0.15) is 23.7 Å². The first-order valence-corrected chi connectivity index (χ1v) is 8.41. The molecular formula is C23H20O3. The predicted molar refractivity (Wildman–Crippen MR) is 105 cm³/mol. The van der Waals surface area contributed by atoms with Crippen LogP contribution in [0.15, 0.2) is 86.0 Å². The molecular weight excluding hydrogens is 324 g/mol. The average Bonchev–Trinajstić information content (AvgIpc) is 2.68. The molecule has 0 heterocycles. The van der Waals surface area contributed by atoms with E-state index in [-0.39, 0.29) is 0 Å². The first-order chi connectivity index (χ1) is 12.7. The molecule has 0 radical (unpaired) electrons. The zero-order chi connectivity index (χ0) is 18.4. The van der Waals surface area contributed by atoms with Crippen LogP contribution >= 0.6 is 0 Å². The molecule has 0 atom stereocenters. The number of carbonyl (C=O) groups is 1. The first kappa shape index (κ1) is 17.5. The Kier molecular flexibility index (Phi) is 5.49. The van der Waals surface area contributed by atoms with E-state index in [2.05, 4.69) is 13.2 Å². The summed E-state index contributed by atoms with van der Waals surface area (Å²) < 4.78 is 11.3. The van der Waals surface area contributed by atoms with Crippen LogP contribution in [0.5, 0.6) is 11.5 Å². The zero-order valence-corrected chi connectivity index (χ0v) is 14.5. The molecule has 3 nitrogen and oxygen atoms in total. The van der Waals surface area contributed by atoms with Gasteiger partial charge in [-0.15, -0.1) is 6.58 Å². The average molecular weight is 344 g/mol. The van der Waals surface area contributed by atoms with Crippen molar-refractivity contribution < 1.29 is 14.3 Å². The molecule has 0 N–H and O–H groups in total. The Labute approximate surface area is 153 Å². The van der Waals surface area contributed by atoms with Crippen LogP contribution in [0.25, 0.3) is 10.8 Å². The largest absolute Gasteiger partial charge is 0.489 e. The van der Waals surface area contributed by atoms with Gasteiger partial charge in [-0.1, -0.05) is 61.2 Å². The van der Waals surface area contributed by atoms with Gasteiger partial charge in [0.25, 0.3) is 0 Å². The Bertz CT molecular complexity index is 957. The molecule has 0 spiro atoms. The van der Waals surface area contributed by atoms with Crippen molar-refractivity contribution in [3.05, 3.63) is 97.1 Å². The van der Waals surface area contributed by atoms with Crippen LogP contribution in [0, 0.1) is 0 Å². The van der Waals surface area contributed by atoms with Crippen molar-refractivity contribution in [3.63, 3.8) is 0 Å². The Morgan fingerprint density at radius 2 is 1.65 bits per heavy atom. The maximum Gasteiger partial charge on any atom is 0.347 e. The summed E-state index contributed by atoms with van der Waals surface area (Å²) in [6, 6.07) is 18.8. The minimum absolute atomic E-state index is 0.321. The molecule has 0 aromatic heterocycles. The summed E-state index contributed by atoms with van der Waals surface area (Å²) in [6.45, 7) is 7.77. The van der Waals surface area contributed by atoms with Crippen LogP contribution in [0.4, 0.5) is 0 Å². The third-order valence-electron chi connectivity index (χ3n) is 4.01. The maximum atomic E-state index is 12.7. The van der Waals surface area contributed by atoms with E-state index < -0.39 is 5.97 Å². The smallest absolute Gasteiger partial charge is 0.347 e. The number of fused-ring (bicyclic) bond motifs is 1. The van der Waals surface area contributed by atoms with Crippen LogP contribution in [0.1, 0.15) is 15.9 Å². The van der Waals surface area contributed by atoms with Gasteiger partial charge in [0.05, 0.1) is 0 Å². The fourth-order valence-electron chi connectivity index (χ4n) is 2.83. The third-order valence-corrected chi connectivity index (χ3v) is 4.01. The lowest BCUT2D eigenvalue weighted by atomic mass is 10.0. The van der Waals surface area contributed by atoms with Crippen molar-refractivity contribution in [1.82, 2.24) is 0 Å². The van der Waals surface area contributed by atoms with Crippen LogP contribution in [0.3, 0.4) is 0 Å². The normalized spacial score (nSPS) is 10.3. The van der Waals surface area contributed by atoms with E-state index in [0.717, 1.165) is 16.3 Å². The molecule has 0 fully saturated rings. The van der Waals surface area contributed by atoms with E-state index in [1.54, 1.807) is 30.4 Å². The quantitative estimate of drug-likeness (QED) is 0.329. The summed E-state index contributed by atoms with van der Waals surface area (Å²) in [5.41, 5.74) is 1.32. The summed E-state index contributed by atoms with van der Waals surface area (Å²) in [7, 11) is 0. The minimum atomic E-state index is -0.453. The maximum absolute atomic E-state index is 12.7. The van der Waals surface area contributed by atoms with Crippen LogP contribution in [-0.4, -0.2) is 12.6 Å². The van der Waals surface area contributed by atoms with Crippen molar-refractivity contribution in [2.45, 2.75) is 6.42 Å². The van der Waals surface area contributed by atoms with Crippen LogP contribution < -0.4 is 9.47 Å². The van der Waals surface area contributed by atoms with Gasteiger partial charge < -0.3 is 9.47 Å². The molecule has 0 amide bonds. The van der Waals surface area contributed by atoms with Gasteiger partial charge in [-0.2, -0.15) is 0 Å². The lowest BCUT2D eigenvalue weighted by Gasteiger charge is -2.14. The Morgan fingerprint density at radius 1 is 0.885 bits per heavy atom. The molecule has 0 aliphatic heterocycles. The second kappa shape index (κ2) is 8.17. The van der Waals surface area contributed by atoms with Gasteiger partial charge in [-0.3, -0.25) is 0 Å². The first-order valence-electron chi connectivity index (χ1n) is 8.41. The van der Waals surface area contributed by atoms with Crippen molar-refractivity contribution in [2.24, 2.45) is 0 Å². The van der Waals surface area contributed by atoms with Gasteiger partial charge >= 0.3 is 5.97 Å². The molecule has 3 aromatic carbocycles. The van der Waals surface area contributed by atoms with Crippen molar-refractivity contribution >= 4 is 16.7 Å². The van der Waals surface area contributed by atoms with E-state index in [9.17, 15) is 4.79 Å². The molecule has 130 valence electrons. The summed E-state index contributed by atoms with van der Waals surface area (Å²) in [4.78, 5) is 12.7. The van der Waals surface area contributed by atoms with E-state index in [0.29, 0.717) is 30.1 Å². The third kappa shape index (κ3) is 3.67. The highest BCUT2D eigenvalue weighted by atomic mass is 16.5. The minimum Gasteiger partial charge on any atom is -0.489 e. The SMILES string of the molecule is C=CCOc1ccccc1C(=O)Oc1ccc2ccccc2c1CC=C. The summed E-state index contributed by atoms with van der Waals surface area (Å²) >= 11 is 0. The van der Waals surface area contributed by atoms with Crippen molar-refractivity contribution in [1.29, 1.82) is 0 Å². The fourth-order valence-corrected chi connectivity index (χ4v) is 2.83.